The van der Waals surface area contributed by atoms with E-state index in [1.54, 1.807) is 0 Å². The van der Waals surface area contributed by atoms with E-state index < -0.39 is 0 Å². The van der Waals surface area contributed by atoms with Crippen molar-refractivity contribution in [3.8, 4) is 0 Å². The fourth-order valence-corrected chi connectivity index (χ4v) is 4.89. The molecule has 0 N–H and O–H groups in total. The predicted molar refractivity (Wildman–Crippen MR) is 79.7 cm³/mol. The predicted octanol–water partition coefficient (Wildman–Crippen LogP) is 3.14. The highest BCUT2D eigenvalue weighted by atomic mass is 32.2. The fourth-order valence-electron chi connectivity index (χ4n) is 1.49. The van der Waals surface area contributed by atoms with Gasteiger partial charge in [0.1, 0.15) is 0 Å². The average molecular weight is 288 g/mol. The highest BCUT2D eigenvalue weighted by molar-refractivity contribution is 8.15. The van der Waals surface area contributed by atoms with E-state index in [0.717, 1.165) is 24.3 Å². The molecule has 1 rings (SSSR count). The summed E-state index contributed by atoms with van der Waals surface area (Å²) in [5.74, 6) is 1.71. The third-order valence-electron chi connectivity index (χ3n) is 2.35. The molecule has 1 aliphatic rings. The number of hydrogen-bond donors (Lipinski definition) is 0. The molecule has 1 heterocycles. The molecule has 2 unspecified atom stereocenters. The van der Waals surface area contributed by atoms with Crippen LogP contribution >= 0.6 is 35.3 Å². The SMILES string of the molecule is C=CC(=O)SCC1CCC(CSC(=O)C=C)S1. The summed E-state index contributed by atoms with van der Waals surface area (Å²) in [4.78, 5) is 22.2. The second-order valence-electron chi connectivity index (χ2n) is 3.63. The van der Waals surface area contributed by atoms with Crippen LogP contribution in [0.15, 0.2) is 25.3 Å². The van der Waals surface area contributed by atoms with Crippen molar-refractivity contribution in [1.82, 2.24) is 0 Å². The molecular formula is C12H16O2S3. The summed E-state index contributed by atoms with van der Waals surface area (Å²) in [7, 11) is 0. The summed E-state index contributed by atoms with van der Waals surface area (Å²) in [5.41, 5.74) is 0. The van der Waals surface area contributed by atoms with Crippen molar-refractivity contribution in [2.45, 2.75) is 23.3 Å². The number of thioether (sulfide) groups is 3. The van der Waals surface area contributed by atoms with Gasteiger partial charge in [-0.3, -0.25) is 9.59 Å². The van der Waals surface area contributed by atoms with Gasteiger partial charge in [0.15, 0.2) is 0 Å². The van der Waals surface area contributed by atoms with E-state index in [1.807, 2.05) is 11.8 Å². The molecule has 1 aliphatic heterocycles. The van der Waals surface area contributed by atoms with Gasteiger partial charge in [-0.1, -0.05) is 36.7 Å². The van der Waals surface area contributed by atoms with Crippen LogP contribution in [0.25, 0.3) is 0 Å². The van der Waals surface area contributed by atoms with Crippen molar-refractivity contribution in [3.63, 3.8) is 0 Å². The molecule has 2 atom stereocenters. The Morgan fingerprint density at radius 3 is 1.82 bits per heavy atom. The molecule has 1 saturated heterocycles. The number of rotatable bonds is 6. The van der Waals surface area contributed by atoms with Crippen LogP contribution in [0.2, 0.25) is 0 Å². The minimum atomic E-state index is 0.0465. The Hall–Kier alpha value is -0.130. The first-order valence-corrected chi connectivity index (χ1v) is 8.31. The Morgan fingerprint density at radius 1 is 1.06 bits per heavy atom. The van der Waals surface area contributed by atoms with Crippen LogP contribution in [-0.2, 0) is 9.59 Å². The molecule has 5 heteroatoms. The van der Waals surface area contributed by atoms with Crippen LogP contribution in [0.5, 0.6) is 0 Å². The molecule has 0 radical (unpaired) electrons. The minimum Gasteiger partial charge on any atom is -0.282 e. The van der Waals surface area contributed by atoms with Crippen molar-refractivity contribution in [1.29, 1.82) is 0 Å². The van der Waals surface area contributed by atoms with Gasteiger partial charge in [0.05, 0.1) is 0 Å². The topological polar surface area (TPSA) is 34.1 Å². The van der Waals surface area contributed by atoms with Crippen molar-refractivity contribution in [2.75, 3.05) is 11.5 Å². The smallest absolute Gasteiger partial charge is 0.211 e. The lowest BCUT2D eigenvalue weighted by molar-refractivity contribution is -0.107. The number of carbonyl (C=O) groups is 2. The third-order valence-corrected chi connectivity index (χ3v) is 6.39. The Bertz CT molecular complexity index is 285. The van der Waals surface area contributed by atoms with Gasteiger partial charge >= 0.3 is 0 Å². The first-order valence-electron chi connectivity index (χ1n) is 5.39. The molecule has 0 aromatic rings. The van der Waals surface area contributed by atoms with Gasteiger partial charge in [0.25, 0.3) is 0 Å². The maximum atomic E-state index is 11.1. The quantitative estimate of drug-likeness (QED) is 0.701. The Balaban J connectivity index is 2.18. The molecule has 17 heavy (non-hydrogen) atoms. The molecule has 0 saturated carbocycles. The highest BCUT2D eigenvalue weighted by Crippen LogP contribution is 2.37. The molecular weight excluding hydrogens is 272 g/mol. The fraction of sp³-hybridized carbons (Fsp3) is 0.500. The largest absolute Gasteiger partial charge is 0.282 e. The first kappa shape index (κ1) is 14.9. The van der Waals surface area contributed by atoms with Gasteiger partial charge in [0, 0.05) is 22.0 Å². The van der Waals surface area contributed by atoms with Crippen LogP contribution in [0, 0.1) is 0 Å². The maximum Gasteiger partial charge on any atom is 0.211 e. The zero-order chi connectivity index (χ0) is 12.7. The van der Waals surface area contributed by atoms with Crippen molar-refractivity contribution in [3.05, 3.63) is 25.3 Å². The molecule has 0 aliphatic carbocycles. The molecule has 1 fully saturated rings. The minimum absolute atomic E-state index is 0.0465. The Kier molecular flexibility index (Phi) is 7.08. The highest BCUT2D eigenvalue weighted by Gasteiger charge is 2.26. The zero-order valence-corrected chi connectivity index (χ0v) is 12.0. The molecule has 0 amide bonds. The Labute approximate surface area is 115 Å². The zero-order valence-electron chi connectivity index (χ0n) is 9.59. The van der Waals surface area contributed by atoms with E-state index in [4.69, 9.17) is 0 Å². The van der Waals surface area contributed by atoms with E-state index >= 15 is 0 Å². The van der Waals surface area contributed by atoms with Gasteiger partial charge in [-0.15, -0.1) is 0 Å². The monoisotopic (exact) mass is 288 g/mol. The summed E-state index contributed by atoms with van der Waals surface area (Å²) < 4.78 is 0. The third kappa shape index (κ3) is 5.84. The summed E-state index contributed by atoms with van der Waals surface area (Å²) >= 11 is 4.57. The van der Waals surface area contributed by atoms with Gasteiger partial charge in [-0.05, 0) is 25.0 Å². The lowest BCUT2D eigenvalue weighted by Crippen LogP contribution is -2.05. The van der Waals surface area contributed by atoms with E-state index in [-0.39, 0.29) is 10.2 Å². The lowest BCUT2D eigenvalue weighted by Gasteiger charge is -2.09. The second-order valence-corrected chi connectivity index (χ2v) is 7.28. The summed E-state index contributed by atoms with van der Waals surface area (Å²) in [6, 6.07) is 0. The number of carbonyl (C=O) groups excluding carboxylic acids is 2. The van der Waals surface area contributed by atoms with Gasteiger partial charge in [-0.25, -0.2) is 0 Å². The van der Waals surface area contributed by atoms with Gasteiger partial charge in [-0.2, -0.15) is 11.8 Å². The van der Waals surface area contributed by atoms with E-state index in [0.29, 0.717) is 10.5 Å². The van der Waals surface area contributed by atoms with Crippen molar-refractivity contribution < 1.29 is 9.59 Å². The van der Waals surface area contributed by atoms with Gasteiger partial charge < -0.3 is 0 Å². The lowest BCUT2D eigenvalue weighted by atomic mass is 10.2. The normalized spacial score (nSPS) is 23.3. The Morgan fingerprint density at radius 2 is 1.47 bits per heavy atom. The van der Waals surface area contributed by atoms with E-state index in [1.165, 1.54) is 35.7 Å². The molecule has 0 aromatic carbocycles. The van der Waals surface area contributed by atoms with E-state index in [9.17, 15) is 9.59 Å². The molecule has 0 spiro atoms. The van der Waals surface area contributed by atoms with Gasteiger partial charge in [0.2, 0.25) is 10.2 Å². The molecule has 94 valence electrons. The second kappa shape index (κ2) is 8.06. The number of hydrogen-bond acceptors (Lipinski definition) is 5. The average Bonchev–Trinajstić information content (AvgIpc) is 2.80. The van der Waals surface area contributed by atoms with Crippen LogP contribution in [-0.4, -0.2) is 32.2 Å². The van der Waals surface area contributed by atoms with Crippen molar-refractivity contribution >= 4 is 45.5 Å². The molecule has 2 nitrogen and oxygen atoms in total. The van der Waals surface area contributed by atoms with Crippen LogP contribution in [0.1, 0.15) is 12.8 Å². The van der Waals surface area contributed by atoms with E-state index in [2.05, 4.69) is 13.2 Å². The van der Waals surface area contributed by atoms with Crippen LogP contribution in [0.3, 0.4) is 0 Å². The molecule has 0 aromatic heterocycles. The first-order chi connectivity index (χ1) is 8.15. The summed E-state index contributed by atoms with van der Waals surface area (Å²) in [6.45, 7) is 6.90. The van der Waals surface area contributed by atoms with Crippen LogP contribution < -0.4 is 0 Å². The standard InChI is InChI=1S/C12H16O2S3/c1-3-11(13)15-7-9-5-6-10(17-9)8-16-12(14)4-2/h3-4,9-10H,1-2,5-8H2. The summed E-state index contributed by atoms with van der Waals surface area (Å²) in [5, 5.41) is 1.16. The van der Waals surface area contributed by atoms with Crippen LogP contribution in [0.4, 0.5) is 0 Å². The van der Waals surface area contributed by atoms with Crippen molar-refractivity contribution in [2.24, 2.45) is 0 Å². The maximum absolute atomic E-state index is 11.1. The summed E-state index contributed by atoms with van der Waals surface area (Å²) in [6.07, 6.45) is 4.99. The molecule has 0 bridgehead atoms.